The van der Waals surface area contributed by atoms with Gasteiger partial charge in [0.2, 0.25) is 0 Å². The fourth-order valence-corrected chi connectivity index (χ4v) is 0.821. The molecule has 0 aliphatic rings. The van der Waals surface area contributed by atoms with Crippen molar-refractivity contribution in [1.29, 1.82) is 0 Å². The predicted octanol–water partition coefficient (Wildman–Crippen LogP) is 2.39. The van der Waals surface area contributed by atoms with Gasteiger partial charge >= 0.3 is 0 Å². The molecule has 4 heteroatoms. The number of rotatable bonds is 6. The predicted molar refractivity (Wildman–Crippen MR) is 58.4 cm³/mol. The average molecular weight is 213 g/mol. The third-order valence-corrected chi connectivity index (χ3v) is 1.59. The quantitative estimate of drug-likeness (QED) is 0.418. The molecule has 0 aromatic heterocycles. The Labute approximate surface area is 89.4 Å². The normalized spacial score (nSPS) is 13.1. The van der Waals surface area contributed by atoms with E-state index in [9.17, 15) is 4.39 Å². The van der Waals surface area contributed by atoms with Gasteiger partial charge in [-0.05, 0) is 13.0 Å². The summed E-state index contributed by atoms with van der Waals surface area (Å²) in [5, 5.41) is 0. The van der Waals surface area contributed by atoms with Gasteiger partial charge in [-0.25, -0.2) is 4.39 Å². The van der Waals surface area contributed by atoms with E-state index in [0.717, 1.165) is 6.08 Å². The molecule has 0 rings (SSSR count). The second kappa shape index (κ2) is 6.03. The summed E-state index contributed by atoms with van der Waals surface area (Å²) in [5.41, 5.74) is 5.88. The molecule has 3 nitrogen and oxygen atoms in total. The first-order valence-corrected chi connectivity index (χ1v) is 4.28. The number of hydrogen-bond donors (Lipinski definition) is 1. The van der Waals surface area contributed by atoms with Crippen LogP contribution in [0.5, 0.6) is 0 Å². The van der Waals surface area contributed by atoms with E-state index >= 15 is 0 Å². The summed E-state index contributed by atoms with van der Waals surface area (Å²) in [6, 6.07) is 0. The van der Waals surface area contributed by atoms with E-state index in [1.165, 1.54) is 7.11 Å². The van der Waals surface area contributed by atoms with E-state index in [2.05, 4.69) is 19.7 Å². The molecule has 0 aromatic carbocycles. The van der Waals surface area contributed by atoms with Gasteiger partial charge in [0.1, 0.15) is 11.6 Å². The Kier molecular flexibility index (Phi) is 5.41. The van der Waals surface area contributed by atoms with Crippen molar-refractivity contribution in [2.24, 2.45) is 5.73 Å². The first-order valence-electron chi connectivity index (χ1n) is 4.28. The minimum atomic E-state index is -0.647. The SMILES string of the molecule is C=C(F)/C=C(/C(=C)N)C(=C)OC(C)OC. The van der Waals surface area contributed by atoms with Crippen molar-refractivity contribution in [3.05, 3.63) is 48.7 Å². The Bertz CT molecular complexity index is 308. The third kappa shape index (κ3) is 5.02. The number of ether oxygens (including phenoxy) is 2. The molecule has 15 heavy (non-hydrogen) atoms. The molecule has 0 radical (unpaired) electrons. The summed E-state index contributed by atoms with van der Waals surface area (Å²) in [7, 11) is 1.48. The van der Waals surface area contributed by atoms with E-state index in [1.807, 2.05) is 0 Å². The highest BCUT2D eigenvalue weighted by atomic mass is 19.1. The number of methoxy groups -OCH3 is 1. The topological polar surface area (TPSA) is 44.5 Å². The molecule has 0 aliphatic carbocycles. The lowest BCUT2D eigenvalue weighted by atomic mass is 10.1. The molecular formula is C11H16FNO2. The zero-order valence-electron chi connectivity index (χ0n) is 9.05. The molecular weight excluding hydrogens is 197 g/mol. The van der Waals surface area contributed by atoms with Gasteiger partial charge in [-0.3, -0.25) is 0 Å². The Balaban J connectivity index is 4.73. The summed E-state index contributed by atoms with van der Waals surface area (Å²) < 4.78 is 22.6. The van der Waals surface area contributed by atoms with Crippen molar-refractivity contribution < 1.29 is 13.9 Å². The van der Waals surface area contributed by atoms with Gasteiger partial charge in [0.25, 0.3) is 0 Å². The van der Waals surface area contributed by atoms with Gasteiger partial charge < -0.3 is 15.2 Å². The molecule has 0 spiro atoms. The van der Waals surface area contributed by atoms with Crippen LogP contribution in [0.25, 0.3) is 0 Å². The smallest absolute Gasteiger partial charge is 0.196 e. The van der Waals surface area contributed by atoms with Crippen molar-refractivity contribution in [3.63, 3.8) is 0 Å². The van der Waals surface area contributed by atoms with Crippen molar-refractivity contribution in [2.45, 2.75) is 13.2 Å². The molecule has 0 bridgehead atoms. The van der Waals surface area contributed by atoms with Crippen LogP contribution in [0.4, 0.5) is 4.39 Å². The Morgan fingerprint density at radius 1 is 1.40 bits per heavy atom. The largest absolute Gasteiger partial charge is 0.465 e. The maximum atomic E-state index is 12.6. The van der Waals surface area contributed by atoms with Gasteiger partial charge in [0, 0.05) is 18.4 Å². The van der Waals surface area contributed by atoms with Gasteiger partial charge in [0.15, 0.2) is 6.29 Å². The van der Waals surface area contributed by atoms with Crippen LogP contribution in [0.2, 0.25) is 0 Å². The fraction of sp³-hybridized carbons (Fsp3) is 0.273. The summed E-state index contributed by atoms with van der Waals surface area (Å²) in [5.74, 6) is -0.456. The molecule has 0 heterocycles. The van der Waals surface area contributed by atoms with Crippen LogP contribution in [0.15, 0.2) is 48.7 Å². The molecule has 2 N–H and O–H groups in total. The molecule has 0 saturated carbocycles. The zero-order valence-corrected chi connectivity index (χ0v) is 9.05. The zero-order chi connectivity index (χ0) is 12.0. The molecule has 0 saturated heterocycles. The van der Waals surface area contributed by atoms with E-state index in [1.54, 1.807) is 6.92 Å². The van der Waals surface area contributed by atoms with Crippen LogP contribution in [0.1, 0.15) is 6.92 Å². The first kappa shape index (κ1) is 13.4. The lowest BCUT2D eigenvalue weighted by Gasteiger charge is -2.16. The number of halogens is 1. The summed E-state index contributed by atoms with van der Waals surface area (Å²) in [4.78, 5) is 0. The molecule has 1 atom stereocenters. The van der Waals surface area contributed by atoms with Gasteiger partial charge in [-0.15, -0.1) is 0 Å². The van der Waals surface area contributed by atoms with Crippen LogP contribution < -0.4 is 5.73 Å². The lowest BCUT2D eigenvalue weighted by Crippen LogP contribution is -2.13. The number of nitrogens with two attached hydrogens (primary N) is 1. The van der Waals surface area contributed by atoms with Crippen LogP contribution >= 0.6 is 0 Å². The van der Waals surface area contributed by atoms with Crippen LogP contribution in [-0.2, 0) is 9.47 Å². The average Bonchev–Trinajstić information content (AvgIpc) is 2.12. The van der Waals surface area contributed by atoms with Crippen molar-refractivity contribution in [2.75, 3.05) is 7.11 Å². The van der Waals surface area contributed by atoms with E-state index < -0.39 is 12.1 Å². The van der Waals surface area contributed by atoms with Crippen LogP contribution in [0.3, 0.4) is 0 Å². The van der Waals surface area contributed by atoms with Gasteiger partial charge in [0.05, 0.1) is 0 Å². The Hall–Kier alpha value is -1.55. The number of allylic oxidation sites excluding steroid dienone is 2. The Morgan fingerprint density at radius 3 is 2.27 bits per heavy atom. The molecule has 1 unspecified atom stereocenters. The van der Waals surface area contributed by atoms with Crippen molar-refractivity contribution >= 4 is 0 Å². The maximum absolute atomic E-state index is 12.6. The standard InChI is InChI=1S/C11H16FNO2/c1-7(12)6-11(8(2)13)9(3)15-10(4)14-5/h6,10H,1-3,13H2,4-5H3/b11-6-. The highest BCUT2D eigenvalue weighted by Gasteiger charge is 2.10. The maximum Gasteiger partial charge on any atom is 0.196 e. The highest BCUT2D eigenvalue weighted by molar-refractivity contribution is 5.42. The van der Waals surface area contributed by atoms with E-state index in [-0.39, 0.29) is 17.0 Å². The lowest BCUT2D eigenvalue weighted by molar-refractivity contribution is -0.0767. The monoisotopic (exact) mass is 213 g/mol. The van der Waals surface area contributed by atoms with Crippen LogP contribution in [0, 0.1) is 0 Å². The van der Waals surface area contributed by atoms with Gasteiger partial charge in [-0.1, -0.05) is 19.7 Å². The van der Waals surface area contributed by atoms with Gasteiger partial charge in [-0.2, -0.15) is 0 Å². The first-order chi connectivity index (χ1) is 6.88. The molecule has 84 valence electrons. The van der Waals surface area contributed by atoms with E-state index in [0.29, 0.717) is 0 Å². The molecule has 0 aliphatic heterocycles. The number of hydrogen-bond acceptors (Lipinski definition) is 3. The fourth-order valence-electron chi connectivity index (χ4n) is 0.821. The summed E-state index contributed by atoms with van der Waals surface area (Å²) in [6.45, 7) is 11.8. The van der Waals surface area contributed by atoms with Crippen LogP contribution in [-0.4, -0.2) is 13.4 Å². The molecule has 0 aromatic rings. The molecule has 0 fully saturated rings. The minimum Gasteiger partial charge on any atom is -0.465 e. The second-order valence-corrected chi connectivity index (χ2v) is 2.87. The van der Waals surface area contributed by atoms with Crippen molar-refractivity contribution in [1.82, 2.24) is 0 Å². The second-order valence-electron chi connectivity index (χ2n) is 2.87. The summed E-state index contributed by atoms with van der Waals surface area (Å²) in [6.07, 6.45) is 0.612. The van der Waals surface area contributed by atoms with Crippen molar-refractivity contribution in [3.8, 4) is 0 Å². The Morgan fingerprint density at radius 2 is 1.93 bits per heavy atom. The minimum absolute atomic E-state index is 0.155. The highest BCUT2D eigenvalue weighted by Crippen LogP contribution is 2.18. The van der Waals surface area contributed by atoms with E-state index in [4.69, 9.17) is 15.2 Å². The molecule has 0 amide bonds. The third-order valence-electron chi connectivity index (χ3n) is 1.59. The summed E-state index contributed by atoms with van der Waals surface area (Å²) >= 11 is 0.